The number of hydrogen-bond acceptors (Lipinski definition) is 3. The summed E-state index contributed by atoms with van der Waals surface area (Å²) in [6, 6.07) is 0.146. The van der Waals surface area contributed by atoms with Crippen molar-refractivity contribution >= 4 is 11.8 Å². The van der Waals surface area contributed by atoms with Crippen LogP contribution >= 0.6 is 0 Å². The Balaban J connectivity index is 2.22. The molecule has 0 spiro atoms. The molecule has 0 saturated heterocycles. The van der Waals surface area contributed by atoms with Gasteiger partial charge in [0.2, 0.25) is 11.8 Å². The maximum Gasteiger partial charge on any atom is 0.239 e. The molecule has 0 aromatic rings. The summed E-state index contributed by atoms with van der Waals surface area (Å²) in [7, 11) is 0. The first kappa shape index (κ1) is 11.0. The summed E-state index contributed by atoms with van der Waals surface area (Å²) < 4.78 is 0. The van der Waals surface area contributed by atoms with Gasteiger partial charge in [-0.2, -0.15) is 0 Å². The van der Waals surface area contributed by atoms with E-state index >= 15 is 0 Å². The van der Waals surface area contributed by atoms with Crippen molar-refractivity contribution in [3.8, 4) is 0 Å². The van der Waals surface area contributed by atoms with Crippen LogP contribution in [0.3, 0.4) is 0 Å². The second kappa shape index (κ2) is 4.95. The van der Waals surface area contributed by atoms with E-state index in [0.29, 0.717) is 0 Å². The average molecular weight is 199 g/mol. The van der Waals surface area contributed by atoms with Gasteiger partial charge in [0.05, 0.1) is 6.54 Å². The highest BCUT2D eigenvalue weighted by atomic mass is 16.2. The first-order valence-electron chi connectivity index (χ1n) is 4.89. The molecule has 5 heteroatoms. The quantitative estimate of drug-likeness (QED) is 0.552. The first-order valence-corrected chi connectivity index (χ1v) is 4.89. The van der Waals surface area contributed by atoms with Gasteiger partial charge in [0.15, 0.2) is 0 Å². The maximum atomic E-state index is 11.3. The highest BCUT2D eigenvalue weighted by molar-refractivity contribution is 5.83. The summed E-state index contributed by atoms with van der Waals surface area (Å²) in [5, 5.41) is 5.25. The number of rotatable bonds is 3. The van der Waals surface area contributed by atoms with Crippen LogP contribution in [0, 0.1) is 0 Å². The molecule has 1 rings (SSSR count). The van der Waals surface area contributed by atoms with Crippen molar-refractivity contribution in [1.82, 2.24) is 10.6 Å². The Bertz CT molecular complexity index is 230. The van der Waals surface area contributed by atoms with Gasteiger partial charge >= 0.3 is 0 Å². The molecule has 5 nitrogen and oxygen atoms in total. The minimum Gasteiger partial charge on any atom is -0.350 e. The number of hydrogen-bond donors (Lipinski definition) is 3. The van der Waals surface area contributed by atoms with Crippen LogP contribution in [0.4, 0.5) is 0 Å². The van der Waals surface area contributed by atoms with Crippen LogP contribution in [-0.2, 0) is 9.59 Å². The highest BCUT2D eigenvalue weighted by Crippen LogP contribution is 2.16. The van der Waals surface area contributed by atoms with E-state index in [1.54, 1.807) is 0 Å². The van der Waals surface area contributed by atoms with Gasteiger partial charge < -0.3 is 16.4 Å². The molecule has 0 radical (unpaired) electrons. The molecule has 4 N–H and O–H groups in total. The van der Waals surface area contributed by atoms with Crippen LogP contribution in [-0.4, -0.2) is 30.4 Å². The van der Waals surface area contributed by atoms with Gasteiger partial charge in [-0.1, -0.05) is 0 Å². The van der Waals surface area contributed by atoms with Crippen LogP contribution in [0.2, 0.25) is 0 Å². The summed E-state index contributed by atoms with van der Waals surface area (Å²) in [6.07, 6.45) is 2.96. The minimum atomic E-state index is -0.198. The molecular formula is C9H17N3O2. The average Bonchev–Trinajstić information content (AvgIpc) is 2.49. The molecule has 80 valence electrons. The Kier molecular flexibility index (Phi) is 3.88. The highest BCUT2D eigenvalue weighted by Gasteiger charge is 2.24. The molecule has 0 heterocycles. The lowest BCUT2D eigenvalue weighted by atomic mass is 10.2. The normalized spacial score (nSPS) is 25.9. The van der Waals surface area contributed by atoms with E-state index in [1.807, 2.05) is 0 Å². The second-order valence-corrected chi connectivity index (χ2v) is 3.68. The van der Waals surface area contributed by atoms with Gasteiger partial charge in [-0.3, -0.25) is 9.59 Å². The zero-order valence-corrected chi connectivity index (χ0v) is 8.38. The molecule has 1 aliphatic rings. The van der Waals surface area contributed by atoms with Gasteiger partial charge in [-0.25, -0.2) is 0 Å². The van der Waals surface area contributed by atoms with E-state index in [-0.39, 0.29) is 30.4 Å². The fraction of sp³-hybridized carbons (Fsp3) is 0.778. The molecule has 2 unspecified atom stereocenters. The SMILES string of the molecule is CC(=O)NCC(=O)NC1CCCC1N. The Morgan fingerprint density at radius 3 is 2.64 bits per heavy atom. The van der Waals surface area contributed by atoms with Crippen LogP contribution in [0.25, 0.3) is 0 Å². The fourth-order valence-electron chi connectivity index (χ4n) is 1.63. The van der Waals surface area contributed by atoms with Crippen molar-refractivity contribution in [3.63, 3.8) is 0 Å². The number of nitrogens with one attached hydrogen (secondary N) is 2. The maximum absolute atomic E-state index is 11.3. The minimum absolute atomic E-state index is 0.0402. The van der Waals surface area contributed by atoms with Gasteiger partial charge in [0.25, 0.3) is 0 Å². The molecule has 1 saturated carbocycles. The number of carbonyl (C=O) groups excluding carboxylic acids is 2. The zero-order chi connectivity index (χ0) is 10.6. The predicted octanol–water partition coefficient (Wildman–Crippen LogP) is -0.881. The van der Waals surface area contributed by atoms with E-state index in [0.717, 1.165) is 19.3 Å². The van der Waals surface area contributed by atoms with Crippen molar-refractivity contribution < 1.29 is 9.59 Å². The third-order valence-electron chi connectivity index (χ3n) is 2.41. The zero-order valence-electron chi connectivity index (χ0n) is 8.38. The lowest BCUT2D eigenvalue weighted by Crippen LogP contribution is -2.47. The summed E-state index contributed by atoms with van der Waals surface area (Å²) in [5.41, 5.74) is 5.78. The third kappa shape index (κ3) is 3.33. The lowest BCUT2D eigenvalue weighted by molar-refractivity contribution is -0.125. The summed E-state index contributed by atoms with van der Waals surface area (Å²) >= 11 is 0. The summed E-state index contributed by atoms with van der Waals surface area (Å²) in [4.78, 5) is 21.8. The van der Waals surface area contributed by atoms with Crippen molar-refractivity contribution in [3.05, 3.63) is 0 Å². The van der Waals surface area contributed by atoms with E-state index in [9.17, 15) is 9.59 Å². The van der Waals surface area contributed by atoms with E-state index in [2.05, 4.69) is 10.6 Å². The van der Waals surface area contributed by atoms with Gasteiger partial charge in [-0.05, 0) is 19.3 Å². The monoisotopic (exact) mass is 199 g/mol. The van der Waals surface area contributed by atoms with Gasteiger partial charge in [0, 0.05) is 19.0 Å². The molecule has 14 heavy (non-hydrogen) atoms. The Morgan fingerprint density at radius 2 is 2.14 bits per heavy atom. The molecule has 0 aromatic carbocycles. The summed E-state index contributed by atoms with van der Waals surface area (Å²) in [6.45, 7) is 1.42. The molecule has 0 aromatic heterocycles. The smallest absolute Gasteiger partial charge is 0.239 e. The van der Waals surface area contributed by atoms with Crippen molar-refractivity contribution in [2.45, 2.75) is 38.3 Å². The fourth-order valence-corrected chi connectivity index (χ4v) is 1.63. The topological polar surface area (TPSA) is 84.2 Å². The third-order valence-corrected chi connectivity index (χ3v) is 2.41. The standard InChI is InChI=1S/C9H17N3O2/c1-6(13)11-5-9(14)12-8-4-2-3-7(8)10/h7-8H,2-5,10H2,1H3,(H,11,13)(H,12,14). The largest absolute Gasteiger partial charge is 0.350 e. The Labute approximate surface area is 83.4 Å². The number of amides is 2. The van der Waals surface area contributed by atoms with Gasteiger partial charge in [-0.15, -0.1) is 0 Å². The van der Waals surface area contributed by atoms with Crippen LogP contribution in [0.15, 0.2) is 0 Å². The van der Waals surface area contributed by atoms with E-state index in [1.165, 1.54) is 6.92 Å². The molecule has 2 atom stereocenters. The number of carbonyl (C=O) groups is 2. The molecule has 0 bridgehead atoms. The van der Waals surface area contributed by atoms with E-state index < -0.39 is 0 Å². The van der Waals surface area contributed by atoms with Crippen LogP contribution < -0.4 is 16.4 Å². The number of nitrogens with two attached hydrogens (primary N) is 1. The van der Waals surface area contributed by atoms with Crippen LogP contribution in [0.5, 0.6) is 0 Å². The summed E-state index contributed by atoms with van der Waals surface area (Å²) in [5.74, 6) is -0.363. The molecular weight excluding hydrogens is 182 g/mol. The van der Waals surface area contributed by atoms with Crippen molar-refractivity contribution in [2.24, 2.45) is 5.73 Å². The van der Waals surface area contributed by atoms with Gasteiger partial charge in [0.1, 0.15) is 0 Å². The van der Waals surface area contributed by atoms with Crippen molar-refractivity contribution in [2.75, 3.05) is 6.54 Å². The Morgan fingerprint density at radius 1 is 1.43 bits per heavy atom. The Hall–Kier alpha value is -1.10. The first-order chi connectivity index (χ1) is 6.59. The second-order valence-electron chi connectivity index (χ2n) is 3.68. The predicted molar refractivity (Wildman–Crippen MR) is 52.4 cm³/mol. The molecule has 2 amide bonds. The lowest BCUT2D eigenvalue weighted by Gasteiger charge is -2.17. The molecule has 1 aliphatic carbocycles. The molecule has 0 aliphatic heterocycles. The van der Waals surface area contributed by atoms with Crippen molar-refractivity contribution in [1.29, 1.82) is 0 Å². The van der Waals surface area contributed by atoms with E-state index in [4.69, 9.17) is 5.73 Å². The van der Waals surface area contributed by atoms with Crippen LogP contribution in [0.1, 0.15) is 26.2 Å². The molecule has 1 fully saturated rings.